The zero-order valence-corrected chi connectivity index (χ0v) is 10.2. The van der Waals surface area contributed by atoms with Crippen LogP contribution in [0.1, 0.15) is 0 Å². The van der Waals surface area contributed by atoms with Gasteiger partial charge in [0.15, 0.2) is 3.95 Å². The van der Waals surface area contributed by atoms with Crippen molar-refractivity contribution in [1.82, 2.24) is 4.98 Å². The molecule has 0 aliphatic rings. The van der Waals surface area contributed by atoms with Crippen molar-refractivity contribution >= 4 is 45.8 Å². The number of hydrogen-bond donors (Lipinski definition) is 2. The van der Waals surface area contributed by atoms with Gasteiger partial charge in [0, 0.05) is 5.02 Å². The molecule has 0 saturated carbocycles. The van der Waals surface area contributed by atoms with E-state index >= 15 is 0 Å². The second-order valence-electron chi connectivity index (χ2n) is 2.85. The number of rotatable bonds is 2. The standard InChI is InChI=1S/C9H6ClN3OS2/c10-5-2-1-3-6(4-5)12-13-8-7(14)11-9(15)16-8/h1-4,14H,(H,11,15). The molecule has 1 aromatic carbocycles. The van der Waals surface area contributed by atoms with E-state index in [2.05, 4.69) is 15.2 Å². The fourth-order valence-corrected chi connectivity index (χ4v) is 2.09. The highest BCUT2D eigenvalue weighted by Gasteiger charge is 2.02. The van der Waals surface area contributed by atoms with E-state index in [9.17, 15) is 5.11 Å². The molecule has 0 bridgehead atoms. The first-order chi connectivity index (χ1) is 7.65. The first-order valence-electron chi connectivity index (χ1n) is 4.24. The summed E-state index contributed by atoms with van der Waals surface area (Å²) in [5, 5.41) is 18.1. The van der Waals surface area contributed by atoms with E-state index in [1.807, 2.05) is 0 Å². The molecular weight excluding hydrogens is 266 g/mol. The van der Waals surface area contributed by atoms with Crippen LogP contribution in [0.25, 0.3) is 0 Å². The van der Waals surface area contributed by atoms with Crippen molar-refractivity contribution in [2.45, 2.75) is 0 Å². The Morgan fingerprint density at radius 3 is 2.81 bits per heavy atom. The van der Waals surface area contributed by atoms with Gasteiger partial charge in [-0.1, -0.05) is 29.0 Å². The molecule has 1 aromatic heterocycles. The number of azo groups is 1. The summed E-state index contributed by atoms with van der Waals surface area (Å²) in [5.41, 5.74) is 0.617. The van der Waals surface area contributed by atoms with E-state index in [0.717, 1.165) is 11.3 Å². The summed E-state index contributed by atoms with van der Waals surface area (Å²) in [7, 11) is 0. The lowest BCUT2D eigenvalue weighted by molar-refractivity contribution is 0.458. The summed E-state index contributed by atoms with van der Waals surface area (Å²) < 4.78 is 0.456. The predicted molar refractivity (Wildman–Crippen MR) is 66.8 cm³/mol. The van der Waals surface area contributed by atoms with Crippen molar-refractivity contribution < 1.29 is 5.11 Å². The monoisotopic (exact) mass is 271 g/mol. The molecule has 0 radical (unpaired) electrons. The molecule has 0 aliphatic carbocycles. The SMILES string of the molecule is Oc1[nH]c(=S)sc1N=Nc1cccc(Cl)c1. The van der Waals surface area contributed by atoms with E-state index < -0.39 is 0 Å². The molecule has 16 heavy (non-hydrogen) atoms. The third-order valence-electron chi connectivity index (χ3n) is 1.68. The Hall–Kier alpha value is -1.24. The summed E-state index contributed by atoms with van der Waals surface area (Å²) in [6.07, 6.45) is 0. The molecule has 2 N–H and O–H groups in total. The van der Waals surface area contributed by atoms with Gasteiger partial charge < -0.3 is 10.1 Å². The van der Waals surface area contributed by atoms with Crippen molar-refractivity contribution in [3.63, 3.8) is 0 Å². The van der Waals surface area contributed by atoms with Gasteiger partial charge in [-0.3, -0.25) is 0 Å². The highest BCUT2D eigenvalue weighted by atomic mass is 35.5. The van der Waals surface area contributed by atoms with Gasteiger partial charge in [0.25, 0.3) is 0 Å². The van der Waals surface area contributed by atoms with E-state index in [0.29, 0.717) is 19.7 Å². The zero-order valence-electron chi connectivity index (χ0n) is 7.85. The minimum atomic E-state index is -0.0687. The Morgan fingerprint density at radius 1 is 1.38 bits per heavy atom. The lowest BCUT2D eigenvalue weighted by Crippen LogP contribution is -1.64. The molecule has 7 heteroatoms. The molecule has 0 amide bonds. The molecule has 0 atom stereocenters. The molecule has 4 nitrogen and oxygen atoms in total. The Morgan fingerprint density at radius 2 is 2.19 bits per heavy atom. The van der Waals surface area contributed by atoms with Gasteiger partial charge in [0.1, 0.15) is 0 Å². The Bertz CT molecular complexity index is 590. The number of halogens is 1. The zero-order chi connectivity index (χ0) is 11.5. The van der Waals surface area contributed by atoms with Crippen LogP contribution in [0, 0.1) is 3.95 Å². The van der Waals surface area contributed by atoms with Gasteiger partial charge in [-0.25, -0.2) is 0 Å². The van der Waals surface area contributed by atoms with Gasteiger partial charge in [0.2, 0.25) is 10.9 Å². The lowest BCUT2D eigenvalue weighted by atomic mass is 10.3. The molecule has 0 spiro atoms. The number of nitrogens with one attached hydrogen (secondary N) is 1. The van der Waals surface area contributed by atoms with Crippen LogP contribution in [-0.2, 0) is 0 Å². The van der Waals surface area contributed by atoms with Crippen molar-refractivity contribution in [2.75, 3.05) is 0 Å². The summed E-state index contributed by atoms with van der Waals surface area (Å²) >= 11 is 11.8. The van der Waals surface area contributed by atoms with Crippen LogP contribution in [0.15, 0.2) is 34.5 Å². The molecule has 1 heterocycles. The maximum Gasteiger partial charge on any atom is 0.229 e. The maximum atomic E-state index is 9.37. The average molecular weight is 272 g/mol. The number of benzene rings is 1. The molecule has 2 aromatic rings. The van der Waals surface area contributed by atoms with Crippen molar-refractivity contribution in [1.29, 1.82) is 0 Å². The smallest absolute Gasteiger partial charge is 0.229 e. The fourth-order valence-electron chi connectivity index (χ4n) is 1.02. The topological polar surface area (TPSA) is 60.7 Å². The molecule has 0 saturated heterocycles. The van der Waals surface area contributed by atoms with Crippen LogP contribution in [-0.4, -0.2) is 10.1 Å². The number of hydrogen-bond acceptors (Lipinski definition) is 5. The van der Waals surface area contributed by atoms with Crippen LogP contribution < -0.4 is 0 Å². The minimum absolute atomic E-state index is 0.0687. The van der Waals surface area contributed by atoms with Gasteiger partial charge in [-0.05, 0) is 30.4 Å². The van der Waals surface area contributed by atoms with Gasteiger partial charge in [-0.2, -0.15) is 0 Å². The van der Waals surface area contributed by atoms with Crippen LogP contribution in [0.4, 0.5) is 10.7 Å². The summed E-state index contributed by atoms with van der Waals surface area (Å²) in [5.74, 6) is -0.0687. The second-order valence-corrected chi connectivity index (χ2v) is 4.95. The highest BCUT2D eigenvalue weighted by Crippen LogP contribution is 2.32. The molecule has 82 valence electrons. The Labute approximate surface area is 105 Å². The third-order valence-corrected chi connectivity index (χ3v) is 3.02. The van der Waals surface area contributed by atoms with Crippen LogP contribution in [0.3, 0.4) is 0 Å². The Balaban J connectivity index is 2.28. The van der Waals surface area contributed by atoms with Gasteiger partial charge in [-0.15, -0.1) is 10.2 Å². The molecule has 0 fully saturated rings. The highest BCUT2D eigenvalue weighted by molar-refractivity contribution is 7.73. The van der Waals surface area contributed by atoms with E-state index in [1.165, 1.54) is 0 Å². The predicted octanol–water partition coefficient (Wildman–Crippen LogP) is 4.58. The minimum Gasteiger partial charge on any atom is -0.492 e. The molecule has 2 rings (SSSR count). The number of thiazole rings is 1. The number of aromatic amines is 1. The number of aromatic hydroxyl groups is 1. The first kappa shape index (κ1) is 11.3. The third kappa shape index (κ3) is 2.66. The fraction of sp³-hybridized carbons (Fsp3) is 0. The van der Waals surface area contributed by atoms with Crippen LogP contribution >= 0.6 is 35.2 Å². The Kier molecular flexibility index (Phi) is 3.33. The van der Waals surface area contributed by atoms with E-state index in [4.69, 9.17) is 23.8 Å². The van der Waals surface area contributed by atoms with Crippen LogP contribution in [0.2, 0.25) is 5.02 Å². The van der Waals surface area contributed by atoms with Crippen molar-refractivity contribution in [2.24, 2.45) is 10.2 Å². The number of nitrogens with zero attached hydrogens (tertiary/aromatic N) is 2. The normalized spacial score (nSPS) is 11.1. The van der Waals surface area contributed by atoms with Crippen molar-refractivity contribution in [3.05, 3.63) is 33.2 Å². The lowest BCUT2D eigenvalue weighted by Gasteiger charge is -1.92. The van der Waals surface area contributed by atoms with E-state index in [1.54, 1.807) is 24.3 Å². The summed E-state index contributed by atoms with van der Waals surface area (Å²) in [4.78, 5) is 2.56. The molecule has 0 aliphatic heterocycles. The quantitative estimate of drug-likeness (QED) is 0.620. The number of aromatic nitrogens is 1. The largest absolute Gasteiger partial charge is 0.492 e. The molecular formula is C9H6ClN3OS2. The summed E-state index contributed by atoms with van der Waals surface area (Å²) in [6, 6.07) is 6.96. The second kappa shape index (κ2) is 4.73. The van der Waals surface area contributed by atoms with Gasteiger partial charge >= 0.3 is 0 Å². The van der Waals surface area contributed by atoms with Gasteiger partial charge in [0.05, 0.1) is 5.69 Å². The first-order valence-corrected chi connectivity index (χ1v) is 5.85. The van der Waals surface area contributed by atoms with E-state index in [-0.39, 0.29) is 5.88 Å². The number of H-pyrrole nitrogens is 1. The molecule has 0 unspecified atom stereocenters. The average Bonchev–Trinajstić information content (AvgIpc) is 2.54. The summed E-state index contributed by atoms with van der Waals surface area (Å²) in [6.45, 7) is 0. The maximum absolute atomic E-state index is 9.37. The van der Waals surface area contributed by atoms with Crippen LogP contribution in [0.5, 0.6) is 5.88 Å². The van der Waals surface area contributed by atoms with Crippen molar-refractivity contribution in [3.8, 4) is 5.88 Å².